The van der Waals surface area contributed by atoms with Crippen molar-refractivity contribution < 1.29 is 8.78 Å². The fourth-order valence-electron chi connectivity index (χ4n) is 1.53. The van der Waals surface area contributed by atoms with Crippen molar-refractivity contribution in [3.05, 3.63) is 60.2 Å². The van der Waals surface area contributed by atoms with Crippen LogP contribution in [0.25, 0.3) is 0 Å². The van der Waals surface area contributed by atoms with E-state index in [0.717, 1.165) is 17.8 Å². The first-order valence-corrected chi connectivity index (χ1v) is 4.92. The highest BCUT2D eigenvalue weighted by Crippen LogP contribution is 2.26. The molecular weight excluding hydrogens is 208 g/mol. The fourth-order valence-corrected chi connectivity index (χ4v) is 1.53. The van der Waals surface area contributed by atoms with Crippen LogP contribution in [-0.4, -0.2) is 7.05 Å². The summed E-state index contributed by atoms with van der Waals surface area (Å²) in [6.07, 6.45) is 0. The van der Waals surface area contributed by atoms with Crippen LogP contribution < -0.4 is 4.90 Å². The second kappa shape index (κ2) is 4.31. The standard InChI is InChI=1S/C13H11F2N/c1-16(11-5-3-2-4-6-11)13-9-10(14)7-8-12(13)15/h2-9H,1H3. The lowest BCUT2D eigenvalue weighted by Crippen LogP contribution is -2.11. The maximum absolute atomic E-state index is 13.5. The van der Waals surface area contributed by atoms with E-state index in [2.05, 4.69) is 0 Å². The van der Waals surface area contributed by atoms with Gasteiger partial charge < -0.3 is 4.90 Å². The topological polar surface area (TPSA) is 3.24 Å². The van der Waals surface area contributed by atoms with Crippen molar-refractivity contribution in [2.45, 2.75) is 0 Å². The van der Waals surface area contributed by atoms with Gasteiger partial charge in [0, 0.05) is 18.8 Å². The summed E-state index contributed by atoms with van der Waals surface area (Å²) < 4.78 is 26.5. The Morgan fingerprint density at radius 3 is 2.31 bits per heavy atom. The van der Waals surface area contributed by atoms with Gasteiger partial charge in [-0.2, -0.15) is 0 Å². The van der Waals surface area contributed by atoms with Gasteiger partial charge in [0.05, 0.1) is 5.69 Å². The van der Waals surface area contributed by atoms with Crippen molar-refractivity contribution in [3.8, 4) is 0 Å². The average Bonchev–Trinajstić information content (AvgIpc) is 2.32. The van der Waals surface area contributed by atoms with Gasteiger partial charge in [-0.3, -0.25) is 0 Å². The summed E-state index contributed by atoms with van der Waals surface area (Å²) in [5.74, 6) is -0.882. The Labute approximate surface area is 92.9 Å². The summed E-state index contributed by atoms with van der Waals surface area (Å²) in [7, 11) is 1.70. The van der Waals surface area contributed by atoms with Crippen LogP contribution in [0.4, 0.5) is 20.2 Å². The van der Waals surface area contributed by atoms with Gasteiger partial charge in [0.25, 0.3) is 0 Å². The van der Waals surface area contributed by atoms with Crippen molar-refractivity contribution in [2.75, 3.05) is 11.9 Å². The maximum atomic E-state index is 13.5. The number of rotatable bonds is 2. The second-order valence-corrected chi connectivity index (χ2v) is 3.49. The number of benzene rings is 2. The largest absolute Gasteiger partial charge is 0.342 e. The van der Waals surface area contributed by atoms with Crippen LogP contribution in [0.2, 0.25) is 0 Å². The third kappa shape index (κ3) is 2.03. The number of nitrogens with zero attached hydrogens (tertiary/aromatic N) is 1. The highest BCUT2D eigenvalue weighted by atomic mass is 19.1. The lowest BCUT2D eigenvalue weighted by Gasteiger charge is -2.19. The molecule has 0 heterocycles. The molecule has 0 spiro atoms. The summed E-state index contributed by atoms with van der Waals surface area (Å²) in [5.41, 5.74) is 1.04. The van der Waals surface area contributed by atoms with E-state index in [-0.39, 0.29) is 5.69 Å². The number of anilines is 2. The van der Waals surface area contributed by atoms with Crippen LogP contribution >= 0.6 is 0 Å². The monoisotopic (exact) mass is 219 g/mol. The molecule has 2 aromatic carbocycles. The predicted molar refractivity (Wildman–Crippen MR) is 60.9 cm³/mol. The Morgan fingerprint density at radius 1 is 0.938 bits per heavy atom. The van der Waals surface area contributed by atoms with Crippen molar-refractivity contribution in [1.82, 2.24) is 0 Å². The van der Waals surface area contributed by atoms with Gasteiger partial charge in [-0.15, -0.1) is 0 Å². The molecule has 0 N–H and O–H groups in total. The molecule has 2 rings (SSSR count). The molecule has 0 aromatic heterocycles. The molecule has 0 radical (unpaired) electrons. The molecule has 0 aliphatic carbocycles. The zero-order chi connectivity index (χ0) is 11.5. The minimum Gasteiger partial charge on any atom is -0.342 e. The van der Waals surface area contributed by atoms with Gasteiger partial charge in [-0.05, 0) is 24.3 Å². The first-order chi connectivity index (χ1) is 7.68. The smallest absolute Gasteiger partial charge is 0.147 e. The van der Waals surface area contributed by atoms with E-state index in [1.54, 1.807) is 11.9 Å². The fraction of sp³-hybridized carbons (Fsp3) is 0.0769. The van der Waals surface area contributed by atoms with E-state index in [0.29, 0.717) is 0 Å². The number of para-hydroxylation sites is 1. The molecule has 0 aliphatic heterocycles. The Kier molecular flexibility index (Phi) is 2.86. The van der Waals surface area contributed by atoms with Gasteiger partial charge in [0.1, 0.15) is 11.6 Å². The molecule has 1 nitrogen and oxygen atoms in total. The van der Waals surface area contributed by atoms with Crippen molar-refractivity contribution >= 4 is 11.4 Å². The van der Waals surface area contributed by atoms with Crippen LogP contribution in [-0.2, 0) is 0 Å². The lowest BCUT2D eigenvalue weighted by atomic mass is 10.2. The van der Waals surface area contributed by atoms with Crippen molar-refractivity contribution in [1.29, 1.82) is 0 Å². The Balaban J connectivity index is 2.41. The van der Waals surface area contributed by atoms with Crippen LogP contribution in [0, 0.1) is 11.6 Å². The van der Waals surface area contributed by atoms with Crippen molar-refractivity contribution in [3.63, 3.8) is 0 Å². The first-order valence-electron chi connectivity index (χ1n) is 4.92. The molecule has 0 amide bonds. The molecule has 16 heavy (non-hydrogen) atoms. The molecule has 0 fully saturated rings. The van der Waals surface area contributed by atoms with Crippen LogP contribution in [0.1, 0.15) is 0 Å². The summed E-state index contributed by atoms with van der Waals surface area (Å²) >= 11 is 0. The Bertz CT molecular complexity index is 483. The van der Waals surface area contributed by atoms with Gasteiger partial charge in [0.15, 0.2) is 0 Å². The van der Waals surface area contributed by atoms with Gasteiger partial charge >= 0.3 is 0 Å². The Hall–Kier alpha value is -1.90. The Morgan fingerprint density at radius 2 is 1.62 bits per heavy atom. The molecule has 3 heteroatoms. The van der Waals surface area contributed by atoms with Crippen LogP contribution in [0.5, 0.6) is 0 Å². The second-order valence-electron chi connectivity index (χ2n) is 3.49. The van der Waals surface area contributed by atoms with E-state index in [9.17, 15) is 8.78 Å². The van der Waals surface area contributed by atoms with E-state index < -0.39 is 11.6 Å². The average molecular weight is 219 g/mol. The summed E-state index contributed by atoms with van der Waals surface area (Å²) in [4.78, 5) is 1.61. The molecule has 0 bridgehead atoms. The van der Waals surface area contributed by atoms with E-state index >= 15 is 0 Å². The third-order valence-corrected chi connectivity index (χ3v) is 2.41. The van der Waals surface area contributed by atoms with Gasteiger partial charge in [-0.25, -0.2) is 8.78 Å². The molecular formula is C13H11F2N. The molecule has 0 saturated carbocycles. The minimum atomic E-state index is -0.445. The molecule has 0 atom stereocenters. The summed E-state index contributed by atoms with van der Waals surface area (Å²) in [6.45, 7) is 0. The molecule has 82 valence electrons. The van der Waals surface area contributed by atoms with Crippen LogP contribution in [0.15, 0.2) is 48.5 Å². The zero-order valence-electron chi connectivity index (χ0n) is 8.82. The van der Waals surface area contributed by atoms with Gasteiger partial charge in [0.2, 0.25) is 0 Å². The summed E-state index contributed by atoms with van der Waals surface area (Å²) in [6, 6.07) is 12.7. The number of halogens is 2. The van der Waals surface area contributed by atoms with Gasteiger partial charge in [-0.1, -0.05) is 18.2 Å². The lowest BCUT2D eigenvalue weighted by molar-refractivity contribution is 0.600. The minimum absolute atomic E-state index is 0.228. The quantitative estimate of drug-likeness (QED) is 0.743. The maximum Gasteiger partial charge on any atom is 0.147 e. The predicted octanol–water partition coefficient (Wildman–Crippen LogP) is 3.73. The molecule has 0 unspecified atom stereocenters. The SMILES string of the molecule is CN(c1ccccc1)c1cc(F)ccc1F. The highest BCUT2D eigenvalue weighted by Gasteiger charge is 2.09. The van der Waals surface area contributed by atoms with E-state index in [1.165, 1.54) is 6.07 Å². The highest BCUT2D eigenvalue weighted by molar-refractivity contribution is 5.62. The number of hydrogen-bond donors (Lipinski definition) is 0. The summed E-state index contributed by atoms with van der Waals surface area (Å²) in [5, 5.41) is 0. The third-order valence-electron chi connectivity index (χ3n) is 2.41. The zero-order valence-corrected chi connectivity index (χ0v) is 8.82. The number of hydrogen-bond acceptors (Lipinski definition) is 1. The van der Waals surface area contributed by atoms with Crippen molar-refractivity contribution in [2.24, 2.45) is 0 Å². The molecule has 0 saturated heterocycles. The van der Waals surface area contributed by atoms with E-state index in [4.69, 9.17) is 0 Å². The van der Waals surface area contributed by atoms with E-state index in [1.807, 2.05) is 30.3 Å². The molecule has 0 aliphatic rings. The normalized spacial score (nSPS) is 10.2. The van der Waals surface area contributed by atoms with Crippen LogP contribution in [0.3, 0.4) is 0 Å². The first kappa shape index (κ1) is 10.6. The molecule has 2 aromatic rings.